The van der Waals surface area contributed by atoms with Crippen LogP contribution in [0.2, 0.25) is 0 Å². The first-order valence-corrected chi connectivity index (χ1v) is 7.75. The number of hydrogen-bond donors (Lipinski definition) is 2. The maximum atomic E-state index is 13.1. The van der Waals surface area contributed by atoms with Gasteiger partial charge in [-0.2, -0.15) is 0 Å². The van der Waals surface area contributed by atoms with Crippen LogP contribution >= 0.6 is 0 Å². The van der Waals surface area contributed by atoms with E-state index in [2.05, 4.69) is 13.2 Å². The standard InChI is InChI=1S/C20H17NO4/c1-3-10-21(11-4-2)13-8-9-15(23)18-17(13)20(25)16-12(19(18)24)6-5-7-14(16)22/h3-9,22-23H,1-2,10-11H2. The van der Waals surface area contributed by atoms with Crippen LogP contribution in [0.25, 0.3) is 0 Å². The summed E-state index contributed by atoms with van der Waals surface area (Å²) in [5, 5.41) is 20.3. The summed E-state index contributed by atoms with van der Waals surface area (Å²) in [5.74, 6) is -1.50. The first-order valence-electron chi connectivity index (χ1n) is 7.75. The van der Waals surface area contributed by atoms with Gasteiger partial charge in [0.2, 0.25) is 0 Å². The Morgan fingerprint density at radius 2 is 1.48 bits per heavy atom. The summed E-state index contributed by atoms with van der Waals surface area (Å²) in [6.07, 6.45) is 3.34. The molecular formula is C20H17NO4. The third kappa shape index (κ3) is 2.50. The number of ketones is 2. The zero-order valence-corrected chi connectivity index (χ0v) is 13.5. The van der Waals surface area contributed by atoms with Crippen molar-refractivity contribution >= 4 is 17.3 Å². The van der Waals surface area contributed by atoms with Crippen LogP contribution in [0, 0.1) is 0 Å². The summed E-state index contributed by atoms with van der Waals surface area (Å²) in [6, 6.07) is 7.30. The van der Waals surface area contributed by atoms with Crippen LogP contribution in [0.5, 0.6) is 11.5 Å². The average Bonchev–Trinajstić information content (AvgIpc) is 2.59. The smallest absolute Gasteiger partial charge is 0.200 e. The van der Waals surface area contributed by atoms with Gasteiger partial charge in [-0.25, -0.2) is 0 Å². The quantitative estimate of drug-likeness (QED) is 0.701. The van der Waals surface area contributed by atoms with Gasteiger partial charge in [0.25, 0.3) is 0 Å². The number of nitrogens with zero attached hydrogens (tertiary/aromatic N) is 1. The molecule has 0 amide bonds. The Morgan fingerprint density at radius 3 is 2.12 bits per heavy atom. The fourth-order valence-electron chi connectivity index (χ4n) is 3.11. The molecule has 0 radical (unpaired) electrons. The third-order valence-corrected chi connectivity index (χ3v) is 4.17. The van der Waals surface area contributed by atoms with Crippen molar-refractivity contribution in [1.29, 1.82) is 0 Å². The van der Waals surface area contributed by atoms with Gasteiger partial charge < -0.3 is 15.1 Å². The van der Waals surface area contributed by atoms with Gasteiger partial charge in [0.1, 0.15) is 11.5 Å². The highest BCUT2D eigenvalue weighted by atomic mass is 16.3. The Balaban J connectivity index is 2.30. The van der Waals surface area contributed by atoms with E-state index in [0.717, 1.165) is 0 Å². The monoisotopic (exact) mass is 335 g/mol. The highest BCUT2D eigenvalue weighted by Crippen LogP contribution is 2.40. The molecule has 5 heteroatoms. The largest absolute Gasteiger partial charge is 0.507 e. The number of hydrogen-bond acceptors (Lipinski definition) is 5. The van der Waals surface area contributed by atoms with Crippen LogP contribution in [0.15, 0.2) is 55.6 Å². The Labute approximate surface area is 145 Å². The minimum atomic E-state index is -0.494. The lowest BCUT2D eigenvalue weighted by atomic mass is 9.82. The molecule has 0 unspecified atom stereocenters. The van der Waals surface area contributed by atoms with E-state index in [9.17, 15) is 19.8 Å². The molecule has 25 heavy (non-hydrogen) atoms. The van der Waals surface area contributed by atoms with E-state index >= 15 is 0 Å². The Morgan fingerprint density at radius 1 is 0.840 bits per heavy atom. The van der Waals surface area contributed by atoms with Gasteiger partial charge in [-0.3, -0.25) is 9.59 Å². The fraction of sp³-hybridized carbons (Fsp3) is 0.100. The first-order chi connectivity index (χ1) is 12.0. The lowest BCUT2D eigenvalue weighted by Gasteiger charge is -2.28. The van der Waals surface area contributed by atoms with Crippen molar-refractivity contribution in [2.45, 2.75) is 0 Å². The lowest BCUT2D eigenvalue weighted by Crippen LogP contribution is -2.29. The van der Waals surface area contributed by atoms with Crippen molar-refractivity contribution in [2.75, 3.05) is 18.0 Å². The lowest BCUT2D eigenvalue weighted by molar-refractivity contribution is 0.0974. The molecule has 0 aliphatic heterocycles. The normalized spacial score (nSPS) is 12.3. The second kappa shape index (κ2) is 6.28. The van der Waals surface area contributed by atoms with E-state index in [1.807, 2.05) is 4.90 Å². The zero-order chi connectivity index (χ0) is 18.1. The number of anilines is 1. The molecule has 2 N–H and O–H groups in total. The molecule has 5 nitrogen and oxygen atoms in total. The van der Waals surface area contributed by atoms with E-state index in [4.69, 9.17) is 0 Å². The molecule has 2 aromatic carbocycles. The number of benzene rings is 2. The summed E-state index contributed by atoms with van der Waals surface area (Å²) in [7, 11) is 0. The molecule has 0 saturated heterocycles. The molecule has 0 fully saturated rings. The molecule has 0 bridgehead atoms. The first kappa shape index (κ1) is 16.5. The molecule has 3 rings (SSSR count). The number of fused-ring (bicyclic) bond motifs is 2. The molecule has 0 atom stereocenters. The Hall–Kier alpha value is -3.34. The summed E-state index contributed by atoms with van der Waals surface area (Å²) in [6.45, 7) is 8.27. The number of carbonyl (C=O) groups is 2. The van der Waals surface area contributed by atoms with E-state index in [1.165, 1.54) is 24.3 Å². The zero-order valence-electron chi connectivity index (χ0n) is 13.5. The van der Waals surface area contributed by atoms with Gasteiger partial charge in [-0.15, -0.1) is 13.2 Å². The van der Waals surface area contributed by atoms with Crippen molar-refractivity contribution in [3.8, 4) is 11.5 Å². The topological polar surface area (TPSA) is 77.8 Å². The second-order valence-corrected chi connectivity index (χ2v) is 5.69. The van der Waals surface area contributed by atoms with Crippen LogP contribution in [0.3, 0.4) is 0 Å². The molecule has 0 saturated carbocycles. The minimum absolute atomic E-state index is 0.0380. The van der Waals surface area contributed by atoms with Crippen molar-refractivity contribution in [3.63, 3.8) is 0 Å². The van der Waals surface area contributed by atoms with Crippen molar-refractivity contribution in [2.24, 2.45) is 0 Å². The summed E-state index contributed by atoms with van der Waals surface area (Å²) in [5.41, 5.74) is 0.578. The Kier molecular flexibility index (Phi) is 4.15. The number of phenolic OH excluding ortho intramolecular Hbond substituents is 2. The van der Waals surface area contributed by atoms with Crippen LogP contribution in [-0.4, -0.2) is 34.9 Å². The molecule has 0 aromatic heterocycles. The van der Waals surface area contributed by atoms with Crippen molar-refractivity contribution < 1.29 is 19.8 Å². The van der Waals surface area contributed by atoms with Gasteiger partial charge in [-0.05, 0) is 18.2 Å². The summed E-state index contributed by atoms with van der Waals surface area (Å²) in [4.78, 5) is 27.7. The highest BCUT2D eigenvalue weighted by molar-refractivity contribution is 6.31. The van der Waals surface area contributed by atoms with Crippen LogP contribution in [0.1, 0.15) is 31.8 Å². The second-order valence-electron chi connectivity index (χ2n) is 5.69. The summed E-state index contributed by atoms with van der Waals surface area (Å²) < 4.78 is 0. The maximum absolute atomic E-state index is 13.1. The number of carbonyl (C=O) groups excluding carboxylic acids is 2. The van der Waals surface area contributed by atoms with E-state index in [1.54, 1.807) is 18.2 Å². The highest BCUT2D eigenvalue weighted by Gasteiger charge is 2.36. The molecule has 1 aliphatic carbocycles. The predicted molar refractivity (Wildman–Crippen MR) is 95.7 cm³/mol. The third-order valence-electron chi connectivity index (χ3n) is 4.17. The maximum Gasteiger partial charge on any atom is 0.200 e. The molecule has 2 aromatic rings. The van der Waals surface area contributed by atoms with Gasteiger partial charge in [-0.1, -0.05) is 24.3 Å². The van der Waals surface area contributed by atoms with E-state index < -0.39 is 11.6 Å². The Bertz CT molecular complexity index is 904. The van der Waals surface area contributed by atoms with E-state index in [-0.39, 0.29) is 33.8 Å². The predicted octanol–water partition coefficient (Wildman–Crippen LogP) is 3.05. The van der Waals surface area contributed by atoms with Gasteiger partial charge in [0, 0.05) is 24.3 Å². The van der Waals surface area contributed by atoms with Crippen LogP contribution in [0.4, 0.5) is 5.69 Å². The van der Waals surface area contributed by atoms with Gasteiger partial charge in [0.05, 0.1) is 16.7 Å². The van der Waals surface area contributed by atoms with Crippen molar-refractivity contribution in [1.82, 2.24) is 0 Å². The van der Waals surface area contributed by atoms with Crippen LogP contribution in [-0.2, 0) is 0 Å². The van der Waals surface area contributed by atoms with Crippen LogP contribution < -0.4 is 4.90 Å². The van der Waals surface area contributed by atoms with Crippen molar-refractivity contribution in [3.05, 3.63) is 77.9 Å². The molecular weight excluding hydrogens is 318 g/mol. The average molecular weight is 335 g/mol. The summed E-state index contributed by atoms with van der Waals surface area (Å²) >= 11 is 0. The minimum Gasteiger partial charge on any atom is -0.507 e. The molecule has 0 heterocycles. The number of aromatic hydroxyl groups is 2. The molecule has 1 aliphatic rings. The molecule has 126 valence electrons. The molecule has 0 spiro atoms. The number of phenols is 2. The SMILES string of the molecule is C=CCN(CC=C)c1ccc(O)c2c1C(=O)c1c(O)cccc1C2=O. The fourth-order valence-corrected chi connectivity index (χ4v) is 3.11. The van der Waals surface area contributed by atoms with E-state index in [0.29, 0.717) is 18.8 Å². The van der Waals surface area contributed by atoms with Gasteiger partial charge in [0.15, 0.2) is 11.6 Å². The van der Waals surface area contributed by atoms with Gasteiger partial charge >= 0.3 is 0 Å². The number of rotatable bonds is 5.